The van der Waals surface area contributed by atoms with Crippen LogP contribution in [0.15, 0.2) is 168 Å². The summed E-state index contributed by atoms with van der Waals surface area (Å²) < 4.78 is 8.91. The number of nitrogens with zero attached hydrogens (tertiary/aromatic N) is 1. The van der Waals surface area contributed by atoms with Gasteiger partial charge in [-0.15, -0.1) is 11.3 Å². The van der Waals surface area contributed by atoms with E-state index < -0.39 is 0 Å². The van der Waals surface area contributed by atoms with Crippen molar-refractivity contribution in [1.29, 1.82) is 0 Å². The Balaban J connectivity index is 1.08. The van der Waals surface area contributed by atoms with Crippen molar-refractivity contribution in [3.63, 3.8) is 0 Å². The van der Waals surface area contributed by atoms with Crippen LogP contribution in [-0.2, 0) is 5.41 Å². The van der Waals surface area contributed by atoms with Crippen molar-refractivity contribution in [3.05, 3.63) is 175 Å². The van der Waals surface area contributed by atoms with Gasteiger partial charge in [-0.3, -0.25) is 0 Å². The lowest BCUT2D eigenvalue weighted by Gasteiger charge is -2.27. The van der Waals surface area contributed by atoms with E-state index in [4.69, 9.17) is 4.42 Å². The van der Waals surface area contributed by atoms with Crippen molar-refractivity contribution in [2.75, 3.05) is 4.90 Å². The van der Waals surface area contributed by atoms with Gasteiger partial charge in [-0.2, -0.15) is 0 Å². The number of thiophene rings is 1. The van der Waals surface area contributed by atoms with Crippen LogP contribution in [0.4, 0.5) is 17.1 Å². The van der Waals surface area contributed by atoms with E-state index in [1.54, 1.807) is 0 Å². The molecule has 0 N–H and O–H groups in total. The molecular formula is C49H33NOS. The minimum absolute atomic E-state index is 0.0507. The second kappa shape index (κ2) is 10.9. The average molecular weight is 684 g/mol. The van der Waals surface area contributed by atoms with E-state index in [1.165, 1.54) is 64.3 Å². The van der Waals surface area contributed by atoms with Crippen LogP contribution < -0.4 is 4.90 Å². The first kappa shape index (κ1) is 29.6. The van der Waals surface area contributed by atoms with Crippen molar-refractivity contribution in [1.82, 2.24) is 0 Å². The van der Waals surface area contributed by atoms with Crippen molar-refractivity contribution in [2.45, 2.75) is 19.3 Å². The highest BCUT2D eigenvalue weighted by molar-refractivity contribution is 7.26. The molecule has 0 fully saturated rings. The van der Waals surface area contributed by atoms with Crippen LogP contribution in [0.1, 0.15) is 25.0 Å². The molecule has 0 spiro atoms. The largest absolute Gasteiger partial charge is 0.456 e. The smallest absolute Gasteiger partial charge is 0.135 e. The number of furan rings is 1. The summed E-state index contributed by atoms with van der Waals surface area (Å²) >= 11 is 1.87. The lowest BCUT2D eigenvalue weighted by atomic mass is 9.82. The van der Waals surface area contributed by atoms with E-state index in [0.29, 0.717) is 0 Å². The first-order valence-electron chi connectivity index (χ1n) is 17.9. The molecule has 2 heterocycles. The van der Waals surface area contributed by atoms with Crippen molar-refractivity contribution >= 4 is 81.3 Å². The van der Waals surface area contributed by atoms with Gasteiger partial charge in [0.25, 0.3) is 0 Å². The Morgan fingerprint density at radius 3 is 2.02 bits per heavy atom. The maximum atomic E-state index is 6.25. The Hall–Kier alpha value is -6.16. The minimum Gasteiger partial charge on any atom is -0.456 e. The lowest BCUT2D eigenvalue weighted by molar-refractivity contribution is 0.660. The Labute approximate surface area is 305 Å². The van der Waals surface area contributed by atoms with E-state index in [-0.39, 0.29) is 5.41 Å². The highest BCUT2D eigenvalue weighted by Gasteiger charge is 2.35. The molecule has 246 valence electrons. The third-order valence-electron chi connectivity index (χ3n) is 11.3. The summed E-state index contributed by atoms with van der Waals surface area (Å²) in [7, 11) is 0. The monoisotopic (exact) mass is 683 g/mol. The molecule has 0 saturated carbocycles. The third kappa shape index (κ3) is 4.23. The second-order valence-corrected chi connectivity index (χ2v) is 15.6. The fraction of sp³-hybridized carbons (Fsp3) is 0.0612. The summed E-state index contributed by atoms with van der Waals surface area (Å²) in [5.41, 5.74) is 12.9. The van der Waals surface area contributed by atoms with Gasteiger partial charge in [0.15, 0.2) is 0 Å². The van der Waals surface area contributed by atoms with Gasteiger partial charge < -0.3 is 9.32 Å². The number of hydrogen-bond acceptors (Lipinski definition) is 3. The van der Waals surface area contributed by atoms with Gasteiger partial charge in [0, 0.05) is 53.4 Å². The molecule has 0 aliphatic heterocycles. The maximum Gasteiger partial charge on any atom is 0.135 e. The maximum absolute atomic E-state index is 6.25. The minimum atomic E-state index is -0.0507. The fourth-order valence-corrected chi connectivity index (χ4v) is 9.89. The number of anilines is 3. The highest BCUT2D eigenvalue weighted by atomic mass is 32.1. The van der Waals surface area contributed by atoms with Crippen molar-refractivity contribution in [3.8, 4) is 22.3 Å². The summed E-state index contributed by atoms with van der Waals surface area (Å²) in [4.78, 5) is 2.39. The zero-order chi connectivity index (χ0) is 34.6. The number of rotatable bonds is 4. The molecule has 2 nitrogen and oxygen atoms in total. The summed E-state index contributed by atoms with van der Waals surface area (Å²) in [5, 5.41) is 7.51. The molecule has 1 aliphatic carbocycles. The van der Waals surface area contributed by atoms with Crippen LogP contribution in [0.5, 0.6) is 0 Å². The lowest BCUT2D eigenvalue weighted by Crippen LogP contribution is -2.15. The first-order chi connectivity index (χ1) is 25.5. The van der Waals surface area contributed by atoms with Gasteiger partial charge in [-0.1, -0.05) is 117 Å². The van der Waals surface area contributed by atoms with Crippen LogP contribution in [0.2, 0.25) is 0 Å². The van der Waals surface area contributed by atoms with Crippen molar-refractivity contribution < 1.29 is 4.42 Å². The molecule has 0 amide bonds. The Kier molecular flexibility index (Phi) is 6.21. The Morgan fingerprint density at radius 1 is 0.442 bits per heavy atom. The van der Waals surface area contributed by atoms with E-state index in [2.05, 4.69) is 170 Å². The van der Waals surface area contributed by atoms with Gasteiger partial charge in [0.1, 0.15) is 11.2 Å². The summed E-state index contributed by atoms with van der Waals surface area (Å²) in [6, 6.07) is 60.0. The molecule has 0 bridgehead atoms. The second-order valence-electron chi connectivity index (χ2n) is 14.5. The van der Waals surface area contributed by atoms with Crippen LogP contribution in [-0.4, -0.2) is 0 Å². The molecule has 52 heavy (non-hydrogen) atoms. The molecular weight excluding hydrogens is 651 g/mol. The summed E-state index contributed by atoms with van der Waals surface area (Å²) in [6.45, 7) is 4.68. The SMILES string of the molecule is CC1(C)c2ccccc2-c2cc(N(c3ccc(-c4cccc5c4ccc4sc6ccccc6c45)cc3)c3ccc4oc5ccccc5c4c3)ccc21. The standard InChI is InChI=1S/C49H33NOS/c1-49(2)42-15-6-3-10-36(42)40-28-32(22-25-43(40)49)50(33-23-26-45-41(29-33)37-11-4-7-16-44(37)51-45)31-20-18-30(19-21-31)34-13-9-14-38-35(34)24-27-47-48(38)39-12-5-8-17-46(39)52-47/h3-29H,1-2H3. The average Bonchev–Trinajstić information content (AvgIpc) is 3.83. The first-order valence-corrected chi connectivity index (χ1v) is 18.7. The number of hydrogen-bond donors (Lipinski definition) is 0. The summed E-state index contributed by atoms with van der Waals surface area (Å²) in [5.74, 6) is 0. The van der Waals surface area contributed by atoms with Gasteiger partial charge in [-0.05, 0) is 105 Å². The van der Waals surface area contributed by atoms with Crippen LogP contribution >= 0.6 is 11.3 Å². The van der Waals surface area contributed by atoms with Crippen LogP contribution in [0.25, 0.3) is 75.1 Å². The highest BCUT2D eigenvalue weighted by Crippen LogP contribution is 2.51. The molecule has 0 saturated heterocycles. The molecule has 1 aliphatic rings. The van der Waals surface area contributed by atoms with Gasteiger partial charge >= 0.3 is 0 Å². The number of benzene rings is 8. The molecule has 3 heteroatoms. The molecule has 0 atom stereocenters. The quantitative estimate of drug-likeness (QED) is 0.184. The fourth-order valence-electron chi connectivity index (χ4n) is 8.77. The van der Waals surface area contributed by atoms with E-state index in [1.807, 2.05) is 23.5 Å². The van der Waals surface area contributed by atoms with E-state index in [9.17, 15) is 0 Å². The van der Waals surface area contributed by atoms with Crippen LogP contribution in [0.3, 0.4) is 0 Å². The Morgan fingerprint density at radius 2 is 1.12 bits per heavy atom. The van der Waals surface area contributed by atoms with Gasteiger partial charge in [-0.25, -0.2) is 0 Å². The normalized spacial score (nSPS) is 13.3. The molecule has 0 unspecified atom stereocenters. The third-order valence-corrected chi connectivity index (χ3v) is 12.4. The predicted octanol–water partition coefficient (Wildman–Crippen LogP) is 14.6. The van der Waals surface area contributed by atoms with Crippen molar-refractivity contribution in [2.24, 2.45) is 0 Å². The van der Waals surface area contributed by atoms with Crippen LogP contribution in [0, 0.1) is 0 Å². The molecule has 11 rings (SSSR count). The topological polar surface area (TPSA) is 16.4 Å². The van der Waals surface area contributed by atoms with E-state index in [0.717, 1.165) is 39.0 Å². The molecule has 10 aromatic rings. The number of fused-ring (bicyclic) bond motifs is 11. The Bertz CT molecular complexity index is 3050. The molecule has 2 aromatic heterocycles. The zero-order valence-corrected chi connectivity index (χ0v) is 29.7. The van der Waals surface area contributed by atoms with Gasteiger partial charge in [0.05, 0.1) is 0 Å². The van der Waals surface area contributed by atoms with Gasteiger partial charge in [0.2, 0.25) is 0 Å². The number of para-hydroxylation sites is 1. The zero-order valence-electron chi connectivity index (χ0n) is 28.9. The van der Waals surface area contributed by atoms with E-state index >= 15 is 0 Å². The predicted molar refractivity (Wildman–Crippen MR) is 222 cm³/mol. The molecule has 8 aromatic carbocycles. The molecule has 0 radical (unpaired) electrons. The summed E-state index contributed by atoms with van der Waals surface area (Å²) in [6.07, 6.45) is 0.